The number of unbranched alkanes of at least 4 members (excludes halogenated alkanes) is 20. The molecule has 0 atom stereocenters. The smallest absolute Gasteiger partial charge is 0.872 e. The van der Waals surface area contributed by atoms with Gasteiger partial charge in [-0.3, -0.25) is 4.55 Å². The summed E-state index contributed by atoms with van der Waals surface area (Å²) < 4.78 is 77.9. The van der Waals surface area contributed by atoms with Crippen molar-refractivity contribution in [1.82, 2.24) is 0 Å². The Morgan fingerprint density at radius 2 is 0.873 bits per heavy atom. The van der Waals surface area contributed by atoms with Crippen molar-refractivity contribution in [3.8, 4) is 34.5 Å². The first-order valence-corrected chi connectivity index (χ1v) is 25.8. The maximum absolute atomic E-state index is 11.6. The second-order valence-corrected chi connectivity index (χ2v) is 19.0. The minimum atomic E-state index is -4.73. The fraction of sp³-hybridized carbons (Fsp3) is 0.520. The van der Waals surface area contributed by atoms with E-state index in [0.717, 1.165) is 61.1 Å². The van der Waals surface area contributed by atoms with E-state index >= 15 is 0 Å². The molecule has 2 N–H and O–H groups in total. The van der Waals surface area contributed by atoms with Crippen LogP contribution in [0.1, 0.15) is 166 Å². The largest absolute Gasteiger partial charge is 2.00 e. The molecule has 10 nitrogen and oxygen atoms in total. The van der Waals surface area contributed by atoms with Gasteiger partial charge in [-0.15, -0.1) is 5.75 Å². The predicted octanol–water partition coefficient (Wildman–Crippen LogP) is 13.2. The van der Waals surface area contributed by atoms with Gasteiger partial charge in [0.2, 0.25) is 0 Å². The number of ether oxygens (including phenoxy) is 2. The summed E-state index contributed by atoms with van der Waals surface area (Å²) in [4.78, 5) is -0.899. The van der Waals surface area contributed by atoms with Gasteiger partial charge in [-0.05, 0) is 85.3 Å². The SMILES string of the molecule is CCCCCCCCCCCCCc1cccc(Oc2cc(O)ccc2S(=O)(=O)O)c1.CCCCCCCCCCCCCc1cccc(Oc2cc([O-])ccc2S(=O)(=O)[O-])c1.[Ca+2]. The maximum atomic E-state index is 11.6. The van der Waals surface area contributed by atoms with Gasteiger partial charge < -0.3 is 24.2 Å². The van der Waals surface area contributed by atoms with E-state index in [1.807, 2.05) is 36.4 Å². The Bertz CT molecular complexity index is 1940. The first-order chi connectivity index (χ1) is 29.8. The topological polar surface area (TPSA) is 173 Å². The molecule has 0 saturated heterocycles. The van der Waals surface area contributed by atoms with Crippen molar-refractivity contribution in [3.63, 3.8) is 0 Å². The Labute approximate surface area is 408 Å². The van der Waals surface area contributed by atoms with Crippen molar-refractivity contribution in [2.75, 3.05) is 0 Å². The van der Waals surface area contributed by atoms with Crippen LogP contribution in [0.5, 0.6) is 34.5 Å². The molecule has 0 aliphatic heterocycles. The third kappa shape index (κ3) is 24.3. The molecule has 4 rings (SSSR count). The summed E-state index contributed by atoms with van der Waals surface area (Å²) >= 11 is 0. The molecule has 4 aromatic carbocycles. The first-order valence-electron chi connectivity index (χ1n) is 22.9. The average Bonchev–Trinajstić information content (AvgIpc) is 3.21. The average molecular weight is 935 g/mol. The monoisotopic (exact) mass is 934 g/mol. The predicted molar refractivity (Wildman–Crippen MR) is 251 cm³/mol. The van der Waals surface area contributed by atoms with Gasteiger partial charge in [0.1, 0.15) is 38.0 Å². The van der Waals surface area contributed by atoms with Crippen LogP contribution in [-0.4, -0.2) is 68.8 Å². The van der Waals surface area contributed by atoms with E-state index in [4.69, 9.17) is 9.47 Å². The molecular formula is C50H70CaO10S2. The second-order valence-electron chi connectivity index (χ2n) is 16.2. The first kappa shape index (κ1) is 56.3. The quantitative estimate of drug-likeness (QED) is 0.0291. The normalized spacial score (nSPS) is 11.4. The van der Waals surface area contributed by atoms with Crippen LogP contribution in [0.15, 0.2) is 94.7 Å². The number of phenolic OH excluding ortho intramolecular Hbond substituents is 1. The summed E-state index contributed by atoms with van der Waals surface area (Å²) in [5, 5.41) is 21.2. The van der Waals surface area contributed by atoms with Crippen molar-refractivity contribution >= 4 is 58.0 Å². The molecule has 13 heteroatoms. The summed E-state index contributed by atoms with van der Waals surface area (Å²) in [6.45, 7) is 4.49. The maximum Gasteiger partial charge on any atom is 2.00 e. The van der Waals surface area contributed by atoms with E-state index in [0.29, 0.717) is 11.5 Å². The molecule has 0 amide bonds. The van der Waals surface area contributed by atoms with Crippen LogP contribution >= 0.6 is 0 Å². The van der Waals surface area contributed by atoms with Crippen molar-refractivity contribution in [2.24, 2.45) is 0 Å². The third-order valence-corrected chi connectivity index (χ3v) is 12.5. The van der Waals surface area contributed by atoms with Crippen molar-refractivity contribution in [2.45, 2.75) is 178 Å². The number of rotatable bonds is 30. The van der Waals surface area contributed by atoms with E-state index in [-0.39, 0.29) is 59.9 Å². The summed E-state index contributed by atoms with van der Waals surface area (Å²) in [5.74, 6) is -0.00476. The minimum absolute atomic E-state index is 0. The number of hydrogen-bond acceptors (Lipinski definition) is 9. The molecule has 344 valence electrons. The Kier molecular flexibility index (Phi) is 28.5. The standard InChI is InChI=1S/2C25H36O5S.Ca/c2*1-2-3-4-5-6-7-8-9-10-11-12-14-21-15-13-16-23(19-21)30-24-20-22(26)17-18-25(24)31(27,28)29;/h2*13,15-20,26H,2-12,14H2,1H3,(H,27,28,29);/q;;+2/p-2. The van der Waals surface area contributed by atoms with Crippen molar-refractivity contribution in [1.29, 1.82) is 0 Å². The molecule has 0 fully saturated rings. The number of aryl methyl sites for hydroxylation is 2. The molecule has 0 unspecified atom stereocenters. The molecule has 63 heavy (non-hydrogen) atoms. The minimum Gasteiger partial charge on any atom is -0.872 e. The van der Waals surface area contributed by atoms with Gasteiger partial charge in [-0.25, -0.2) is 8.42 Å². The van der Waals surface area contributed by atoms with Crippen LogP contribution in [-0.2, 0) is 33.1 Å². The Balaban J connectivity index is 0.000000427. The molecule has 0 heterocycles. The van der Waals surface area contributed by atoms with Crippen molar-refractivity contribution < 1.29 is 45.6 Å². The van der Waals surface area contributed by atoms with E-state index in [9.17, 15) is 36.2 Å². The molecule has 0 spiro atoms. The number of aromatic hydroxyl groups is 1. The van der Waals surface area contributed by atoms with E-state index < -0.39 is 30.9 Å². The summed E-state index contributed by atoms with van der Waals surface area (Å²) in [5.41, 5.74) is 2.19. The van der Waals surface area contributed by atoms with Gasteiger partial charge in [0.05, 0.1) is 4.90 Å². The van der Waals surface area contributed by atoms with Crippen LogP contribution in [0, 0.1) is 0 Å². The zero-order valence-electron chi connectivity index (χ0n) is 37.7. The Hall–Kier alpha value is -2.84. The molecule has 0 aliphatic rings. The van der Waals surface area contributed by atoms with Crippen LogP contribution < -0.4 is 14.6 Å². The van der Waals surface area contributed by atoms with Gasteiger partial charge in [0.25, 0.3) is 10.1 Å². The second kappa shape index (κ2) is 31.9. The molecule has 0 aromatic heterocycles. The number of benzene rings is 4. The Morgan fingerprint density at radius 3 is 1.27 bits per heavy atom. The van der Waals surface area contributed by atoms with Crippen LogP contribution in [0.25, 0.3) is 0 Å². The van der Waals surface area contributed by atoms with Gasteiger partial charge >= 0.3 is 37.7 Å². The molecule has 0 bridgehead atoms. The fourth-order valence-corrected chi connectivity index (χ4v) is 8.51. The number of phenols is 1. The zero-order chi connectivity index (χ0) is 45.1. The Morgan fingerprint density at radius 1 is 0.492 bits per heavy atom. The molecule has 0 radical (unpaired) electrons. The summed E-state index contributed by atoms with van der Waals surface area (Å²) in [7, 11) is -9.18. The van der Waals surface area contributed by atoms with Crippen LogP contribution in [0.4, 0.5) is 0 Å². The zero-order valence-corrected chi connectivity index (χ0v) is 41.6. The fourth-order valence-electron chi connectivity index (χ4n) is 7.33. The van der Waals surface area contributed by atoms with Gasteiger partial charge in [0, 0.05) is 6.07 Å². The van der Waals surface area contributed by atoms with Gasteiger partial charge in [-0.1, -0.05) is 173 Å². The summed E-state index contributed by atoms with van der Waals surface area (Å²) in [6, 6.07) is 21.4. The van der Waals surface area contributed by atoms with Gasteiger partial charge in [-0.2, -0.15) is 8.42 Å². The summed E-state index contributed by atoms with van der Waals surface area (Å²) in [6.07, 6.45) is 30.3. The molecule has 4 aromatic rings. The van der Waals surface area contributed by atoms with Gasteiger partial charge in [0.15, 0.2) is 5.75 Å². The van der Waals surface area contributed by atoms with E-state index in [1.54, 1.807) is 12.1 Å². The van der Waals surface area contributed by atoms with Crippen LogP contribution in [0.3, 0.4) is 0 Å². The van der Waals surface area contributed by atoms with Crippen LogP contribution in [0.2, 0.25) is 0 Å². The molecule has 0 aliphatic carbocycles. The van der Waals surface area contributed by atoms with Crippen molar-refractivity contribution in [3.05, 3.63) is 96.1 Å². The molecule has 0 saturated carbocycles. The van der Waals surface area contributed by atoms with E-state index in [1.165, 1.54) is 141 Å². The number of hydrogen-bond donors (Lipinski definition) is 2. The van der Waals surface area contributed by atoms with E-state index in [2.05, 4.69) is 13.8 Å². The molecular weight excluding hydrogens is 865 g/mol. The third-order valence-electron chi connectivity index (χ3n) is 10.8.